The molecule has 3 heteroatoms. The molecule has 0 aromatic carbocycles. The van der Waals surface area contributed by atoms with Crippen molar-refractivity contribution >= 4 is 0 Å². The van der Waals surface area contributed by atoms with Gasteiger partial charge in [0.05, 0.1) is 12.3 Å². The third kappa shape index (κ3) is 2.90. The molecule has 0 amide bonds. The van der Waals surface area contributed by atoms with Gasteiger partial charge in [-0.25, -0.2) is 0 Å². The minimum absolute atomic E-state index is 0.166. The van der Waals surface area contributed by atoms with E-state index in [0.717, 1.165) is 11.3 Å². The van der Waals surface area contributed by atoms with Crippen LogP contribution in [0.25, 0.3) is 0 Å². The molecule has 19 heavy (non-hydrogen) atoms. The van der Waals surface area contributed by atoms with Crippen LogP contribution in [0.5, 0.6) is 5.75 Å². The van der Waals surface area contributed by atoms with Gasteiger partial charge in [-0.15, -0.1) is 0 Å². The summed E-state index contributed by atoms with van der Waals surface area (Å²) in [5, 5.41) is 3.61. The molecule has 3 heterocycles. The third-order valence-electron chi connectivity index (χ3n) is 3.79. The highest BCUT2D eigenvalue weighted by molar-refractivity contribution is 5.37. The molecule has 3 nitrogen and oxygen atoms in total. The van der Waals surface area contributed by atoms with Crippen molar-refractivity contribution in [3.05, 3.63) is 24.0 Å². The highest BCUT2D eigenvalue weighted by Crippen LogP contribution is 2.32. The van der Waals surface area contributed by atoms with E-state index in [1.54, 1.807) is 12.4 Å². The first-order chi connectivity index (χ1) is 9.20. The summed E-state index contributed by atoms with van der Waals surface area (Å²) in [5.41, 5.74) is 0.945. The Labute approximate surface area is 114 Å². The van der Waals surface area contributed by atoms with Crippen LogP contribution in [0.4, 0.5) is 0 Å². The molecule has 1 aromatic rings. The minimum Gasteiger partial charge on any atom is -0.489 e. The van der Waals surface area contributed by atoms with Crippen molar-refractivity contribution in [2.45, 2.75) is 51.3 Å². The lowest BCUT2D eigenvalue weighted by Crippen LogP contribution is -2.21. The second kappa shape index (κ2) is 5.22. The third-order valence-corrected chi connectivity index (χ3v) is 3.79. The maximum absolute atomic E-state index is 5.63. The number of ether oxygens (including phenoxy) is 1. The van der Waals surface area contributed by atoms with Crippen molar-refractivity contribution in [1.29, 1.82) is 0 Å². The van der Waals surface area contributed by atoms with Crippen molar-refractivity contribution in [2.24, 2.45) is 5.92 Å². The van der Waals surface area contributed by atoms with E-state index >= 15 is 0 Å². The molecule has 2 fully saturated rings. The predicted molar refractivity (Wildman–Crippen MR) is 74.9 cm³/mol. The molecule has 2 bridgehead atoms. The van der Waals surface area contributed by atoms with Gasteiger partial charge in [0.15, 0.2) is 0 Å². The molecule has 0 saturated carbocycles. The minimum atomic E-state index is 0.166. The fourth-order valence-corrected chi connectivity index (χ4v) is 2.98. The molecular formula is C16H20N2O. The van der Waals surface area contributed by atoms with Gasteiger partial charge in [0.25, 0.3) is 0 Å². The average molecular weight is 256 g/mol. The lowest BCUT2D eigenvalue weighted by atomic mass is 9.89. The number of hydrogen-bond acceptors (Lipinski definition) is 3. The second-order valence-electron chi connectivity index (χ2n) is 5.73. The zero-order valence-electron chi connectivity index (χ0n) is 11.5. The van der Waals surface area contributed by atoms with Crippen LogP contribution in [0.2, 0.25) is 0 Å². The lowest BCUT2D eigenvalue weighted by molar-refractivity contribution is 0.241. The zero-order valence-corrected chi connectivity index (χ0v) is 11.5. The number of pyridine rings is 1. The van der Waals surface area contributed by atoms with Crippen LogP contribution in [-0.2, 0) is 0 Å². The van der Waals surface area contributed by atoms with Gasteiger partial charge < -0.3 is 10.1 Å². The van der Waals surface area contributed by atoms with Crippen molar-refractivity contribution < 1.29 is 4.74 Å². The summed E-state index contributed by atoms with van der Waals surface area (Å²) in [4.78, 5) is 4.19. The quantitative estimate of drug-likeness (QED) is 0.825. The molecule has 0 radical (unpaired) electrons. The first-order valence-corrected chi connectivity index (χ1v) is 7.10. The number of fused-ring (bicyclic) bond motifs is 2. The molecule has 3 rings (SSSR count). The van der Waals surface area contributed by atoms with Crippen LogP contribution in [-0.4, -0.2) is 23.2 Å². The molecule has 2 aliphatic heterocycles. The van der Waals surface area contributed by atoms with Gasteiger partial charge in [0.1, 0.15) is 5.75 Å². The number of rotatable bonds is 2. The molecule has 3 unspecified atom stereocenters. The molecule has 100 valence electrons. The average Bonchev–Trinajstić information content (AvgIpc) is 2.98. The molecular weight excluding hydrogens is 236 g/mol. The number of aromatic nitrogens is 1. The van der Waals surface area contributed by atoms with Crippen molar-refractivity contribution in [1.82, 2.24) is 10.3 Å². The summed E-state index contributed by atoms with van der Waals surface area (Å²) in [6.45, 7) is 4.03. The summed E-state index contributed by atoms with van der Waals surface area (Å²) in [6, 6.07) is 3.29. The van der Waals surface area contributed by atoms with Crippen LogP contribution in [0, 0.1) is 17.8 Å². The Hall–Kier alpha value is -1.53. The summed E-state index contributed by atoms with van der Waals surface area (Å²) in [5.74, 6) is 7.96. The molecule has 1 aromatic heterocycles. The van der Waals surface area contributed by atoms with Crippen LogP contribution in [0.15, 0.2) is 18.5 Å². The largest absolute Gasteiger partial charge is 0.489 e. The zero-order chi connectivity index (χ0) is 13.2. The Bertz CT molecular complexity index is 515. The monoisotopic (exact) mass is 256 g/mol. The van der Waals surface area contributed by atoms with Crippen molar-refractivity contribution in [3.8, 4) is 17.6 Å². The molecule has 3 atom stereocenters. The lowest BCUT2D eigenvalue weighted by Gasteiger charge is -2.13. The molecule has 0 spiro atoms. The van der Waals surface area contributed by atoms with Crippen LogP contribution in [0.1, 0.15) is 38.7 Å². The maximum Gasteiger partial charge on any atom is 0.139 e. The topological polar surface area (TPSA) is 34.1 Å². The van der Waals surface area contributed by atoms with Gasteiger partial charge in [-0.3, -0.25) is 4.98 Å². The smallest absolute Gasteiger partial charge is 0.139 e. The van der Waals surface area contributed by atoms with E-state index in [0.29, 0.717) is 18.0 Å². The molecule has 2 saturated heterocycles. The summed E-state index contributed by atoms with van der Waals surface area (Å²) < 4.78 is 5.63. The van der Waals surface area contributed by atoms with Crippen molar-refractivity contribution in [3.63, 3.8) is 0 Å². The van der Waals surface area contributed by atoms with E-state index in [2.05, 4.69) is 22.1 Å². The number of nitrogens with one attached hydrogen (secondary N) is 1. The van der Waals surface area contributed by atoms with Gasteiger partial charge in [-0.2, -0.15) is 0 Å². The van der Waals surface area contributed by atoms with E-state index < -0.39 is 0 Å². The first kappa shape index (κ1) is 12.5. The Morgan fingerprint density at radius 1 is 1.37 bits per heavy atom. The van der Waals surface area contributed by atoms with Gasteiger partial charge in [-0.05, 0) is 39.2 Å². The summed E-state index contributed by atoms with van der Waals surface area (Å²) >= 11 is 0. The standard InChI is InChI=1S/C16H20N2O/c1-11(2)19-15-7-12(9-17-10-15)3-4-13-8-14-5-6-16(13)18-14/h7,9-11,13-14,16,18H,5-6,8H2,1-2H3. The summed E-state index contributed by atoms with van der Waals surface area (Å²) in [6.07, 6.45) is 7.51. The predicted octanol–water partition coefficient (Wildman–Crippen LogP) is 2.36. The first-order valence-electron chi connectivity index (χ1n) is 7.10. The van der Waals surface area contributed by atoms with Crippen LogP contribution >= 0.6 is 0 Å². The fourth-order valence-electron chi connectivity index (χ4n) is 2.98. The highest BCUT2D eigenvalue weighted by atomic mass is 16.5. The number of nitrogens with zero attached hydrogens (tertiary/aromatic N) is 1. The van der Waals surface area contributed by atoms with E-state index in [1.807, 2.05) is 19.9 Å². The van der Waals surface area contributed by atoms with E-state index in [4.69, 9.17) is 4.74 Å². The fraction of sp³-hybridized carbons (Fsp3) is 0.562. The molecule has 0 aliphatic carbocycles. The molecule has 1 N–H and O–H groups in total. The van der Waals surface area contributed by atoms with Gasteiger partial charge in [-0.1, -0.05) is 11.8 Å². The Balaban J connectivity index is 1.70. The van der Waals surface area contributed by atoms with Crippen molar-refractivity contribution in [2.75, 3.05) is 0 Å². The number of hydrogen-bond donors (Lipinski definition) is 1. The Morgan fingerprint density at radius 2 is 2.26 bits per heavy atom. The normalized spacial score (nSPS) is 28.3. The van der Waals surface area contributed by atoms with Crippen LogP contribution < -0.4 is 10.1 Å². The van der Waals surface area contributed by atoms with E-state index in [-0.39, 0.29) is 6.10 Å². The van der Waals surface area contributed by atoms with Gasteiger partial charge in [0, 0.05) is 29.8 Å². The summed E-state index contributed by atoms with van der Waals surface area (Å²) in [7, 11) is 0. The van der Waals surface area contributed by atoms with Gasteiger partial charge >= 0.3 is 0 Å². The second-order valence-corrected chi connectivity index (χ2v) is 5.73. The Morgan fingerprint density at radius 3 is 2.95 bits per heavy atom. The highest BCUT2D eigenvalue weighted by Gasteiger charge is 2.37. The molecule has 2 aliphatic rings. The van der Waals surface area contributed by atoms with E-state index in [9.17, 15) is 0 Å². The van der Waals surface area contributed by atoms with E-state index in [1.165, 1.54) is 19.3 Å². The van der Waals surface area contributed by atoms with Gasteiger partial charge in [0.2, 0.25) is 0 Å². The van der Waals surface area contributed by atoms with Crippen LogP contribution in [0.3, 0.4) is 0 Å². The SMILES string of the molecule is CC(C)Oc1cncc(C#CC2CC3CCC2N3)c1. The maximum atomic E-state index is 5.63. The Kier molecular flexibility index (Phi) is 3.44.